The van der Waals surface area contributed by atoms with Crippen molar-refractivity contribution >= 4 is 6.20 Å². The topological polar surface area (TPSA) is 35.1 Å². The van der Waals surface area contributed by atoms with Gasteiger partial charge in [0.2, 0.25) is 0 Å². The van der Waals surface area contributed by atoms with E-state index in [-0.39, 0.29) is 0 Å². The van der Waals surface area contributed by atoms with Gasteiger partial charge < -0.3 is 4.42 Å². The molecule has 2 aromatic carbocycles. The van der Waals surface area contributed by atoms with Gasteiger partial charge in [-0.2, -0.15) is 0 Å². The molecule has 0 spiro atoms. The van der Waals surface area contributed by atoms with Crippen LogP contribution in [0.1, 0.15) is 0 Å². The highest BCUT2D eigenvalue weighted by Gasteiger charge is 2.17. The molecule has 0 saturated heterocycles. The Balaban J connectivity index is 2.32. The zero-order valence-electron chi connectivity index (χ0n) is 10.8. The number of aromatic nitrogens is 1. The summed E-state index contributed by atoms with van der Waals surface area (Å²) in [5, 5.41) is 0. The van der Waals surface area contributed by atoms with E-state index in [1.807, 2.05) is 60.7 Å². The van der Waals surface area contributed by atoms with Crippen molar-refractivity contribution in [2.45, 2.75) is 0 Å². The van der Waals surface area contributed by atoms with Crippen molar-refractivity contribution in [1.29, 1.82) is 0 Å². The van der Waals surface area contributed by atoms with E-state index < -0.39 is 5.76 Å². The molecule has 0 radical (unpaired) electrons. The first-order valence-electron chi connectivity index (χ1n) is 6.30. The molecule has 1 heterocycles. The minimum atomic E-state index is -0.433. The van der Waals surface area contributed by atoms with Gasteiger partial charge in [0.1, 0.15) is 5.69 Å². The van der Waals surface area contributed by atoms with Gasteiger partial charge in [0.05, 0.1) is 0 Å². The third kappa shape index (κ3) is 1.99. The van der Waals surface area contributed by atoms with E-state index in [0.29, 0.717) is 5.76 Å². The standard InChI is InChI=1S/C17H13NO2/c1-2-18-15(13-9-5-3-6-10-13)16(20-17(18)19)14-11-7-4-8-12-14/h2-12H,1H2. The van der Waals surface area contributed by atoms with E-state index in [1.165, 1.54) is 10.8 Å². The zero-order chi connectivity index (χ0) is 13.9. The van der Waals surface area contributed by atoms with Gasteiger partial charge in [-0.3, -0.25) is 0 Å². The van der Waals surface area contributed by atoms with Crippen LogP contribution in [0.5, 0.6) is 0 Å². The first kappa shape index (κ1) is 12.2. The second kappa shape index (κ2) is 5.05. The highest BCUT2D eigenvalue weighted by molar-refractivity contribution is 5.78. The van der Waals surface area contributed by atoms with Crippen LogP contribution in [0, 0.1) is 0 Å². The molecule has 0 bridgehead atoms. The highest BCUT2D eigenvalue weighted by atomic mass is 16.4. The van der Waals surface area contributed by atoms with Crippen LogP contribution in [0.25, 0.3) is 28.8 Å². The van der Waals surface area contributed by atoms with Crippen LogP contribution in [0.2, 0.25) is 0 Å². The Morgan fingerprint density at radius 2 is 1.45 bits per heavy atom. The third-order valence-corrected chi connectivity index (χ3v) is 3.11. The Labute approximate surface area is 116 Å². The molecular weight excluding hydrogens is 250 g/mol. The molecule has 0 atom stereocenters. The van der Waals surface area contributed by atoms with Gasteiger partial charge in [0.25, 0.3) is 0 Å². The summed E-state index contributed by atoms with van der Waals surface area (Å²) in [7, 11) is 0. The summed E-state index contributed by atoms with van der Waals surface area (Å²) in [4.78, 5) is 12.0. The summed E-state index contributed by atoms with van der Waals surface area (Å²) in [6, 6.07) is 19.2. The summed E-state index contributed by atoms with van der Waals surface area (Å²) in [5.74, 6) is 0.124. The van der Waals surface area contributed by atoms with Gasteiger partial charge >= 0.3 is 5.76 Å². The smallest absolute Gasteiger partial charge is 0.407 e. The summed E-state index contributed by atoms with van der Waals surface area (Å²) in [6.45, 7) is 3.69. The molecule has 0 fully saturated rings. The number of oxazole rings is 1. The fourth-order valence-electron chi connectivity index (χ4n) is 2.20. The van der Waals surface area contributed by atoms with Crippen LogP contribution in [-0.2, 0) is 0 Å². The Morgan fingerprint density at radius 1 is 0.900 bits per heavy atom. The van der Waals surface area contributed by atoms with Crippen LogP contribution in [0.3, 0.4) is 0 Å². The van der Waals surface area contributed by atoms with Gasteiger partial charge in [0, 0.05) is 17.3 Å². The predicted octanol–water partition coefficient (Wildman–Crippen LogP) is 3.88. The van der Waals surface area contributed by atoms with E-state index >= 15 is 0 Å². The number of rotatable bonds is 3. The van der Waals surface area contributed by atoms with Crippen molar-refractivity contribution in [3.05, 3.63) is 77.8 Å². The lowest BCUT2D eigenvalue weighted by Crippen LogP contribution is -2.08. The Morgan fingerprint density at radius 3 is 2.00 bits per heavy atom. The molecule has 3 aromatic rings. The second-order valence-electron chi connectivity index (χ2n) is 4.33. The van der Waals surface area contributed by atoms with Crippen molar-refractivity contribution in [3.8, 4) is 22.6 Å². The van der Waals surface area contributed by atoms with Crippen molar-refractivity contribution in [1.82, 2.24) is 4.57 Å². The quantitative estimate of drug-likeness (QED) is 0.719. The van der Waals surface area contributed by atoms with Crippen LogP contribution < -0.4 is 5.76 Å². The van der Waals surface area contributed by atoms with Gasteiger partial charge in [-0.15, -0.1) is 0 Å². The van der Waals surface area contributed by atoms with Gasteiger partial charge in [-0.25, -0.2) is 9.36 Å². The van der Waals surface area contributed by atoms with Crippen LogP contribution >= 0.6 is 0 Å². The molecule has 0 saturated carbocycles. The average Bonchev–Trinajstić information content (AvgIpc) is 2.85. The van der Waals surface area contributed by atoms with Gasteiger partial charge in [0.15, 0.2) is 5.76 Å². The summed E-state index contributed by atoms with van der Waals surface area (Å²) >= 11 is 0. The monoisotopic (exact) mass is 263 g/mol. The van der Waals surface area contributed by atoms with Crippen LogP contribution in [0.15, 0.2) is 76.5 Å². The normalized spacial score (nSPS) is 10.4. The minimum Gasteiger partial charge on any atom is -0.407 e. The molecular formula is C17H13NO2. The van der Waals surface area contributed by atoms with E-state index in [2.05, 4.69) is 6.58 Å². The summed E-state index contributed by atoms with van der Waals surface area (Å²) in [6.07, 6.45) is 1.47. The predicted molar refractivity (Wildman–Crippen MR) is 80.2 cm³/mol. The lowest BCUT2D eigenvalue weighted by molar-refractivity contribution is 0.519. The molecule has 1 aromatic heterocycles. The van der Waals surface area contributed by atoms with Crippen molar-refractivity contribution in [2.24, 2.45) is 0 Å². The number of hydrogen-bond acceptors (Lipinski definition) is 2. The fourth-order valence-corrected chi connectivity index (χ4v) is 2.20. The average molecular weight is 263 g/mol. The van der Waals surface area contributed by atoms with E-state index in [9.17, 15) is 4.79 Å². The maximum absolute atomic E-state index is 12.0. The van der Waals surface area contributed by atoms with Gasteiger partial charge in [-0.05, 0) is 0 Å². The molecule has 3 heteroatoms. The SMILES string of the molecule is C=Cn1c(-c2ccccc2)c(-c2ccccc2)oc1=O. The molecule has 0 unspecified atom stereocenters. The van der Waals surface area contributed by atoms with Crippen LogP contribution in [-0.4, -0.2) is 4.57 Å². The maximum atomic E-state index is 12.0. The highest BCUT2D eigenvalue weighted by Crippen LogP contribution is 2.31. The Kier molecular flexibility index (Phi) is 3.09. The molecule has 3 nitrogen and oxygen atoms in total. The number of hydrogen-bond donors (Lipinski definition) is 0. The minimum absolute atomic E-state index is 0.433. The first-order chi connectivity index (χ1) is 9.81. The fraction of sp³-hybridized carbons (Fsp3) is 0. The molecule has 0 aliphatic rings. The van der Waals surface area contributed by atoms with E-state index in [1.54, 1.807) is 0 Å². The molecule has 98 valence electrons. The molecule has 0 amide bonds. The first-order valence-corrected chi connectivity index (χ1v) is 6.30. The molecule has 0 aliphatic heterocycles. The summed E-state index contributed by atoms with van der Waals surface area (Å²) < 4.78 is 6.84. The van der Waals surface area contributed by atoms with Crippen molar-refractivity contribution < 1.29 is 4.42 Å². The third-order valence-electron chi connectivity index (χ3n) is 3.11. The lowest BCUT2D eigenvalue weighted by atomic mass is 10.1. The number of benzene rings is 2. The van der Waals surface area contributed by atoms with Crippen molar-refractivity contribution in [2.75, 3.05) is 0 Å². The van der Waals surface area contributed by atoms with Crippen LogP contribution in [0.4, 0.5) is 0 Å². The second-order valence-corrected chi connectivity index (χ2v) is 4.33. The molecule has 20 heavy (non-hydrogen) atoms. The van der Waals surface area contributed by atoms with E-state index in [0.717, 1.165) is 16.8 Å². The van der Waals surface area contributed by atoms with E-state index in [4.69, 9.17) is 4.42 Å². The Bertz CT molecular complexity index is 783. The molecule has 0 N–H and O–H groups in total. The van der Waals surface area contributed by atoms with Gasteiger partial charge in [-0.1, -0.05) is 67.2 Å². The molecule has 0 aliphatic carbocycles. The maximum Gasteiger partial charge on any atom is 0.424 e. The largest absolute Gasteiger partial charge is 0.424 e. The molecule has 3 rings (SSSR count). The zero-order valence-corrected chi connectivity index (χ0v) is 10.8. The lowest BCUT2D eigenvalue weighted by Gasteiger charge is -2.04. The number of nitrogens with zero attached hydrogens (tertiary/aromatic N) is 1. The summed E-state index contributed by atoms with van der Waals surface area (Å²) in [5.41, 5.74) is 2.50. The van der Waals surface area contributed by atoms with Crippen molar-refractivity contribution in [3.63, 3.8) is 0 Å². The Hall–Kier alpha value is -2.81.